The van der Waals surface area contributed by atoms with Gasteiger partial charge in [-0.1, -0.05) is 48.5 Å². The van der Waals surface area contributed by atoms with E-state index in [0.717, 1.165) is 51.9 Å². The molecule has 0 saturated carbocycles. The number of nitrogens with one attached hydrogen (secondary N) is 1. The molecule has 2 aromatic carbocycles. The molecule has 0 atom stereocenters. The van der Waals surface area contributed by atoms with Crippen LogP contribution in [0.5, 0.6) is 0 Å². The fourth-order valence-corrected chi connectivity index (χ4v) is 3.37. The summed E-state index contributed by atoms with van der Waals surface area (Å²) in [5.74, 6) is 0.592. The highest BCUT2D eigenvalue weighted by Crippen LogP contribution is 2.20. The second-order valence-electron chi connectivity index (χ2n) is 6.73. The van der Waals surface area contributed by atoms with E-state index in [9.17, 15) is 4.79 Å². The zero-order chi connectivity index (χ0) is 17.3. The second kappa shape index (κ2) is 9.38. The number of hydrogen-bond acceptors (Lipinski definition) is 2. The number of unbranched alkanes of at least 4 members (excludes halogenated alkanes) is 1. The smallest absolute Gasteiger partial charge is 0.243 e. The van der Waals surface area contributed by atoms with E-state index >= 15 is 0 Å². The Hall–Kier alpha value is -2.13. The van der Waals surface area contributed by atoms with Crippen molar-refractivity contribution in [3.8, 4) is 0 Å². The molecule has 1 aliphatic heterocycles. The molecule has 0 radical (unpaired) electrons. The Morgan fingerprint density at radius 1 is 1.12 bits per heavy atom. The Kier molecular flexibility index (Phi) is 6.63. The fourth-order valence-electron chi connectivity index (χ4n) is 3.37. The largest absolute Gasteiger partial charge is 0.381 e. The minimum atomic E-state index is 0.0247. The van der Waals surface area contributed by atoms with Gasteiger partial charge < -0.3 is 10.1 Å². The lowest BCUT2D eigenvalue weighted by atomic mass is 10.00. The van der Waals surface area contributed by atoms with Gasteiger partial charge in [0.25, 0.3) is 0 Å². The van der Waals surface area contributed by atoms with Crippen molar-refractivity contribution in [1.82, 2.24) is 5.32 Å². The Morgan fingerprint density at radius 2 is 1.92 bits per heavy atom. The number of carbonyl (C=O) groups excluding carboxylic acids is 1. The molecule has 0 aliphatic carbocycles. The summed E-state index contributed by atoms with van der Waals surface area (Å²) >= 11 is 0. The van der Waals surface area contributed by atoms with Gasteiger partial charge in [0.05, 0.1) is 0 Å². The number of carbonyl (C=O) groups is 1. The fraction of sp³-hybridized carbons (Fsp3) is 0.409. The third kappa shape index (κ3) is 5.43. The van der Waals surface area contributed by atoms with E-state index in [1.165, 1.54) is 16.3 Å². The first-order chi connectivity index (χ1) is 12.3. The van der Waals surface area contributed by atoms with Crippen molar-refractivity contribution in [2.75, 3.05) is 19.8 Å². The summed E-state index contributed by atoms with van der Waals surface area (Å²) in [4.78, 5) is 11.9. The third-order valence-electron chi connectivity index (χ3n) is 4.87. The van der Waals surface area contributed by atoms with Crippen molar-refractivity contribution in [3.05, 3.63) is 60.2 Å². The van der Waals surface area contributed by atoms with Gasteiger partial charge in [-0.2, -0.15) is 0 Å². The van der Waals surface area contributed by atoms with E-state index < -0.39 is 0 Å². The van der Waals surface area contributed by atoms with E-state index in [0.29, 0.717) is 5.92 Å². The summed E-state index contributed by atoms with van der Waals surface area (Å²) in [5, 5.41) is 5.63. The molecule has 1 N–H and O–H groups in total. The van der Waals surface area contributed by atoms with Gasteiger partial charge in [-0.3, -0.25) is 4.79 Å². The zero-order valence-corrected chi connectivity index (χ0v) is 14.7. The van der Waals surface area contributed by atoms with Gasteiger partial charge >= 0.3 is 0 Å². The Labute approximate surface area is 150 Å². The van der Waals surface area contributed by atoms with Gasteiger partial charge in [0.2, 0.25) is 5.91 Å². The summed E-state index contributed by atoms with van der Waals surface area (Å²) in [7, 11) is 0. The van der Waals surface area contributed by atoms with Crippen LogP contribution < -0.4 is 5.32 Å². The lowest BCUT2D eigenvalue weighted by molar-refractivity contribution is -0.116. The number of ether oxygens (including phenoxy) is 1. The third-order valence-corrected chi connectivity index (χ3v) is 4.87. The van der Waals surface area contributed by atoms with Crippen LogP contribution in [-0.4, -0.2) is 25.7 Å². The van der Waals surface area contributed by atoms with Crippen LogP contribution >= 0.6 is 0 Å². The van der Waals surface area contributed by atoms with Crippen LogP contribution in [0.25, 0.3) is 10.8 Å². The molecular weight excluding hydrogens is 310 g/mol. The van der Waals surface area contributed by atoms with Crippen molar-refractivity contribution < 1.29 is 9.53 Å². The summed E-state index contributed by atoms with van der Waals surface area (Å²) in [6, 6.07) is 15.0. The standard InChI is InChI=1S/C22H27NO2/c24-22(23-17-18-13-15-25-16-14-18)12-3-1-2-7-19-9-6-10-20-8-4-5-11-21(19)20/h3-6,8-12,18H,1-2,7,13-17H2,(H,23,24)/b12-3+. The molecule has 25 heavy (non-hydrogen) atoms. The maximum absolute atomic E-state index is 11.9. The summed E-state index contributed by atoms with van der Waals surface area (Å²) in [6.45, 7) is 2.41. The molecule has 2 aromatic rings. The SMILES string of the molecule is O=C(/C=C/CCCc1cccc2ccccc12)NCC1CCOCC1. The summed E-state index contributed by atoms with van der Waals surface area (Å²) in [6.07, 6.45) is 8.79. The van der Waals surface area contributed by atoms with Gasteiger partial charge in [0.1, 0.15) is 0 Å². The van der Waals surface area contributed by atoms with Crippen LogP contribution in [0.4, 0.5) is 0 Å². The molecule has 1 heterocycles. The molecule has 132 valence electrons. The molecule has 0 bridgehead atoms. The van der Waals surface area contributed by atoms with Crippen LogP contribution in [0.3, 0.4) is 0 Å². The van der Waals surface area contributed by atoms with Crippen LogP contribution in [0.1, 0.15) is 31.2 Å². The van der Waals surface area contributed by atoms with Crippen molar-refractivity contribution in [1.29, 1.82) is 0 Å². The first-order valence-corrected chi connectivity index (χ1v) is 9.31. The monoisotopic (exact) mass is 337 g/mol. The minimum absolute atomic E-state index is 0.0247. The van der Waals surface area contributed by atoms with Crippen LogP contribution in [-0.2, 0) is 16.0 Å². The van der Waals surface area contributed by atoms with Crippen LogP contribution in [0.2, 0.25) is 0 Å². The maximum Gasteiger partial charge on any atom is 0.243 e. The van der Waals surface area contributed by atoms with E-state index in [-0.39, 0.29) is 5.91 Å². The first kappa shape index (κ1) is 17.7. The topological polar surface area (TPSA) is 38.3 Å². The zero-order valence-electron chi connectivity index (χ0n) is 14.7. The lowest BCUT2D eigenvalue weighted by Gasteiger charge is -2.21. The normalized spacial score (nSPS) is 15.7. The number of benzene rings is 2. The predicted octanol–water partition coefficient (Wildman–Crippen LogP) is 4.26. The van der Waals surface area contributed by atoms with E-state index in [2.05, 4.69) is 47.8 Å². The molecule has 1 fully saturated rings. The van der Waals surface area contributed by atoms with Gasteiger partial charge in [0, 0.05) is 19.8 Å². The van der Waals surface area contributed by atoms with Gasteiger partial charge in [-0.05, 0) is 60.4 Å². The Morgan fingerprint density at radius 3 is 2.80 bits per heavy atom. The Bertz CT molecular complexity index is 712. The minimum Gasteiger partial charge on any atom is -0.381 e. The van der Waals surface area contributed by atoms with Gasteiger partial charge in [0.15, 0.2) is 0 Å². The highest BCUT2D eigenvalue weighted by molar-refractivity contribution is 5.87. The van der Waals surface area contributed by atoms with Crippen molar-refractivity contribution in [2.45, 2.75) is 32.1 Å². The average Bonchev–Trinajstić information content (AvgIpc) is 2.67. The summed E-state index contributed by atoms with van der Waals surface area (Å²) < 4.78 is 5.33. The van der Waals surface area contributed by atoms with E-state index in [1.54, 1.807) is 6.08 Å². The summed E-state index contributed by atoms with van der Waals surface area (Å²) in [5.41, 5.74) is 1.38. The maximum atomic E-state index is 11.9. The van der Waals surface area contributed by atoms with E-state index in [4.69, 9.17) is 4.74 Å². The number of aryl methyl sites for hydroxylation is 1. The first-order valence-electron chi connectivity index (χ1n) is 9.31. The molecule has 1 amide bonds. The van der Waals surface area contributed by atoms with Crippen molar-refractivity contribution >= 4 is 16.7 Å². The van der Waals surface area contributed by atoms with Crippen molar-refractivity contribution in [2.24, 2.45) is 5.92 Å². The highest BCUT2D eigenvalue weighted by Gasteiger charge is 2.13. The molecule has 0 aromatic heterocycles. The van der Waals surface area contributed by atoms with Crippen molar-refractivity contribution in [3.63, 3.8) is 0 Å². The molecule has 3 nitrogen and oxygen atoms in total. The van der Waals surface area contributed by atoms with Gasteiger partial charge in [-0.15, -0.1) is 0 Å². The molecule has 0 unspecified atom stereocenters. The number of fused-ring (bicyclic) bond motifs is 1. The molecule has 1 aliphatic rings. The molecule has 3 heteroatoms. The van der Waals surface area contributed by atoms with Gasteiger partial charge in [-0.25, -0.2) is 0 Å². The number of amides is 1. The quantitative estimate of drug-likeness (QED) is 0.605. The Balaban J connectivity index is 1.38. The number of rotatable bonds is 7. The number of hydrogen-bond donors (Lipinski definition) is 1. The molecule has 1 saturated heterocycles. The highest BCUT2D eigenvalue weighted by atomic mass is 16.5. The predicted molar refractivity (Wildman–Crippen MR) is 103 cm³/mol. The molecule has 3 rings (SSSR count). The molecule has 0 spiro atoms. The average molecular weight is 337 g/mol. The van der Waals surface area contributed by atoms with Crippen LogP contribution in [0, 0.1) is 5.92 Å². The lowest BCUT2D eigenvalue weighted by Crippen LogP contribution is -2.31. The number of allylic oxidation sites excluding steroid dienone is 1. The van der Waals surface area contributed by atoms with Crippen LogP contribution in [0.15, 0.2) is 54.6 Å². The second-order valence-corrected chi connectivity index (χ2v) is 6.73. The van der Waals surface area contributed by atoms with E-state index in [1.807, 2.05) is 6.08 Å². The molecular formula is C22H27NO2.